The first-order valence-corrected chi connectivity index (χ1v) is 10.9. The molecule has 2 aromatic carbocycles. The number of likely N-dealkylation sites (tertiary alicyclic amines) is 1. The van der Waals surface area contributed by atoms with Gasteiger partial charge < -0.3 is 5.32 Å². The van der Waals surface area contributed by atoms with Crippen LogP contribution in [0.2, 0.25) is 0 Å². The fourth-order valence-corrected chi connectivity index (χ4v) is 5.62. The number of hydrogen-bond donors (Lipinski definition) is 1. The zero-order valence-corrected chi connectivity index (χ0v) is 16.8. The number of carbonyl (C=O) groups excluding carboxylic acids is 2. The molecule has 2 aliphatic heterocycles. The molecule has 1 N–H and O–H groups in total. The highest BCUT2D eigenvalue weighted by Crippen LogP contribution is 2.42. The van der Waals surface area contributed by atoms with Crippen molar-refractivity contribution in [2.75, 3.05) is 25.0 Å². The molecule has 150 valence electrons. The largest absolute Gasteiger partial charge is 0.326 e. The number of rotatable bonds is 5. The first-order valence-electron chi connectivity index (χ1n) is 10.9. The Balaban J connectivity index is 1.16. The number of ketones is 1. The van der Waals surface area contributed by atoms with Crippen LogP contribution in [0.15, 0.2) is 48.5 Å². The normalized spacial score (nSPS) is 26.1. The first-order chi connectivity index (χ1) is 14.1. The molecule has 3 atom stereocenters. The Morgan fingerprint density at radius 2 is 1.76 bits per heavy atom. The zero-order chi connectivity index (χ0) is 19.8. The van der Waals surface area contributed by atoms with Gasteiger partial charge in [0.15, 0.2) is 5.78 Å². The van der Waals surface area contributed by atoms with Gasteiger partial charge >= 0.3 is 0 Å². The number of anilines is 1. The lowest BCUT2D eigenvalue weighted by atomic mass is 9.96. The van der Waals surface area contributed by atoms with Crippen molar-refractivity contribution in [3.8, 4) is 0 Å². The molecule has 2 heterocycles. The van der Waals surface area contributed by atoms with E-state index in [0.29, 0.717) is 13.0 Å². The van der Waals surface area contributed by atoms with Gasteiger partial charge in [-0.3, -0.25) is 14.5 Å². The Morgan fingerprint density at radius 3 is 2.52 bits per heavy atom. The summed E-state index contributed by atoms with van der Waals surface area (Å²) in [5.41, 5.74) is 4.17. The van der Waals surface area contributed by atoms with Crippen LogP contribution in [0.3, 0.4) is 0 Å². The molecule has 2 fully saturated rings. The van der Waals surface area contributed by atoms with Gasteiger partial charge in [0, 0.05) is 30.8 Å². The molecule has 4 nitrogen and oxygen atoms in total. The summed E-state index contributed by atoms with van der Waals surface area (Å²) in [5, 5.41) is 2.89. The maximum atomic E-state index is 12.8. The lowest BCUT2D eigenvalue weighted by molar-refractivity contribution is -0.116. The van der Waals surface area contributed by atoms with Gasteiger partial charge in [0.2, 0.25) is 5.91 Å². The molecule has 2 aromatic rings. The van der Waals surface area contributed by atoms with Crippen molar-refractivity contribution in [1.82, 2.24) is 4.90 Å². The van der Waals surface area contributed by atoms with Crippen molar-refractivity contribution >= 4 is 17.4 Å². The van der Waals surface area contributed by atoms with E-state index in [9.17, 15) is 9.59 Å². The Morgan fingerprint density at radius 1 is 1.00 bits per heavy atom. The minimum atomic E-state index is 0.0609. The summed E-state index contributed by atoms with van der Waals surface area (Å²) >= 11 is 0. The summed E-state index contributed by atoms with van der Waals surface area (Å²) in [6, 6.07) is 16.5. The molecule has 0 bridgehead atoms. The van der Waals surface area contributed by atoms with Crippen LogP contribution < -0.4 is 5.32 Å². The lowest BCUT2D eigenvalue weighted by Gasteiger charge is -2.20. The molecular formula is C25H28N2O2. The molecular weight excluding hydrogens is 360 g/mol. The molecule has 1 unspecified atom stereocenters. The van der Waals surface area contributed by atoms with Crippen molar-refractivity contribution in [3.05, 3.63) is 65.2 Å². The number of benzene rings is 2. The summed E-state index contributed by atoms with van der Waals surface area (Å²) in [4.78, 5) is 26.7. The second kappa shape index (κ2) is 7.75. The molecule has 1 saturated heterocycles. The molecule has 1 aliphatic carbocycles. The summed E-state index contributed by atoms with van der Waals surface area (Å²) in [5.74, 6) is 2.54. The molecule has 1 amide bonds. The smallest absolute Gasteiger partial charge is 0.224 e. The average molecular weight is 389 g/mol. The number of Topliss-reactive ketones (excluding diaryl/α,β-unsaturated/α-hetero) is 1. The number of nitrogens with one attached hydrogen (secondary N) is 1. The average Bonchev–Trinajstić information content (AvgIpc) is 3.26. The number of fused-ring (bicyclic) bond motifs is 2. The summed E-state index contributed by atoms with van der Waals surface area (Å²) in [7, 11) is 0. The van der Waals surface area contributed by atoms with Crippen LogP contribution in [-0.4, -0.2) is 36.2 Å². The molecule has 0 aromatic heterocycles. The zero-order valence-electron chi connectivity index (χ0n) is 16.8. The Hall–Kier alpha value is -2.46. The van der Waals surface area contributed by atoms with Gasteiger partial charge in [-0.05, 0) is 72.8 Å². The predicted molar refractivity (Wildman–Crippen MR) is 114 cm³/mol. The predicted octanol–water partition coefficient (Wildman–Crippen LogP) is 3.95. The standard InChI is InChI=1S/C25H28N2O2/c28-24(20-6-8-23-19(13-20)7-9-25(29)26-23)16-27-14-21-11-18(12-22(21)15-27)10-17-4-2-1-3-5-17/h1-6,8,13,18,21-22H,7,9-12,14-16H2,(H,26,29)/t18?,21-,22+. The minimum Gasteiger partial charge on any atom is -0.326 e. The van der Waals surface area contributed by atoms with E-state index in [4.69, 9.17) is 0 Å². The van der Waals surface area contributed by atoms with Crippen molar-refractivity contribution < 1.29 is 9.59 Å². The lowest BCUT2D eigenvalue weighted by Crippen LogP contribution is -2.29. The molecule has 4 heteroatoms. The molecule has 0 radical (unpaired) electrons. The fourth-order valence-electron chi connectivity index (χ4n) is 5.62. The van der Waals surface area contributed by atoms with Crippen LogP contribution in [0.1, 0.15) is 40.7 Å². The van der Waals surface area contributed by atoms with E-state index in [0.717, 1.165) is 54.1 Å². The van der Waals surface area contributed by atoms with E-state index in [1.54, 1.807) is 0 Å². The third-order valence-corrected chi connectivity index (χ3v) is 6.98. The number of aryl methyl sites for hydroxylation is 1. The highest BCUT2D eigenvalue weighted by atomic mass is 16.1. The van der Waals surface area contributed by atoms with E-state index in [-0.39, 0.29) is 11.7 Å². The summed E-state index contributed by atoms with van der Waals surface area (Å²) in [6.45, 7) is 2.63. The van der Waals surface area contributed by atoms with Gasteiger partial charge in [-0.25, -0.2) is 0 Å². The van der Waals surface area contributed by atoms with Gasteiger partial charge in [0.1, 0.15) is 0 Å². The van der Waals surface area contributed by atoms with Crippen molar-refractivity contribution in [2.45, 2.75) is 32.1 Å². The Kier molecular flexibility index (Phi) is 4.96. The van der Waals surface area contributed by atoms with Crippen LogP contribution in [-0.2, 0) is 17.6 Å². The van der Waals surface area contributed by atoms with Crippen molar-refractivity contribution in [1.29, 1.82) is 0 Å². The van der Waals surface area contributed by atoms with E-state index < -0.39 is 0 Å². The van der Waals surface area contributed by atoms with Crippen LogP contribution in [0.4, 0.5) is 5.69 Å². The second-order valence-electron chi connectivity index (χ2n) is 9.08. The molecule has 0 spiro atoms. The number of hydrogen-bond acceptors (Lipinski definition) is 3. The Bertz CT molecular complexity index is 910. The van der Waals surface area contributed by atoms with Crippen LogP contribution in [0.25, 0.3) is 0 Å². The number of nitrogens with zero attached hydrogens (tertiary/aromatic N) is 1. The van der Waals surface area contributed by atoms with Gasteiger partial charge in [0.25, 0.3) is 0 Å². The van der Waals surface area contributed by atoms with Gasteiger partial charge in [-0.1, -0.05) is 30.3 Å². The Labute approximate surface area is 172 Å². The highest BCUT2D eigenvalue weighted by Gasteiger charge is 2.41. The van der Waals surface area contributed by atoms with Crippen LogP contribution >= 0.6 is 0 Å². The third kappa shape index (κ3) is 3.99. The van der Waals surface area contributed by atoms with E-state index in [1.807, 2.05) is 18.2 Å². The number of amides is 1. The topological polar surface area (TPSA) is 49.4 Å². The van der Waals surface area contributed by atoms with Crippen molar-refractivity contribution in [3.63, 3.8) is 0 Å². The maximum Gasteiger partial charge on any atom is 0.224 e. The SMILES string of the molecule is O=C1CCc2cc(C(=O)CN3C[C@H]4CC(Cc5ccccc5)C[C@H]4C3)ccc2N1. The molecule has 3 aliphatic rings. The second-order valence-corrected chi connectivity index (χ2v) is 9.08. The molecule has 29 heavy (non-hydrogen) atoms. The van der Waals surface area contributed by atoms with E-state index in [2.05, 4.69) is 40.5 Å². The van der Waals surface area contributed by atoms with Crippen LogP contribution in [0, 0.1) is 17.8 Å². The van der Waals surface area contributed by atoms with Gasteiger partial charge in [0.05, 0.1) is 6.54 Å². The summed E-state index contributed by atoms with van der Waals surface area (Å²) < 4.78 is 0. The highest BCUT2D eigenvalue weighted by molar-refractivity contribution is 6.00. The summed E-state index contributed by atoms with van der Waals surface area (Å²) in [6.07, 6.45) is 5.01. The fraction of sp³-hybridized carbons (Fsp3) is 0.440. The number of carbonyl (C=O) groups is 2. The maximum absolute atomic E-state index is 12.8. The quantitative estimate of drug-likeness (QED) is 0.789. The van der Waals surface area contributed by atoms with Crippen LogP contribution in [0.5, 0.6) is 0 Å². The monoisotopic (exact) mass is 388 g/mol. The minimum absolute atomic E-state index is 0.0609. The van der Waals surface area contributed by atoms with Gasteiger partial charge in [-0.2, -0.15) is 0 Å². The van der Waals surface area contributed by atoms with E-state index in [1.165, 1.54) is 24.8 Å². The first kappa shape index (κ1) is 18.6. The third-order valence-electron chi connectivity index (χ3n) is 6.98. The molecule has 1 saturated carbocycles. The van der Waals surface area contributed by atoms with E-state index >= 15 is 0 Å². The van der Waals surface area contributed by atoms with Crippen molar-refractivity contribution in [2.24, 2.45) is 17.8 Å². The molecule has 5 rings (SSSR count). The van der Waals surface area contributed by atoms with Gasteiger partial charge in [-0.15, -0.1) is 0 Å².